The molecule has 1 aromatic heterocycles. The zero-order chi connectivity index (χ0) is 20.2. The first-order valence-corrected chi connectivity index (χ1v) is 10.7. The topological polar surface area (TPSA) is 50.7 Å². The highest BCUT2D eigenvalue weighted by atomic mass is 16.5. The minimum absolute atomic E-state index is 0.545. The Hall–Kier alpha value is -2.34. The second-order valence-electron chi connectivity index (χ2n) is 8.24. The minimum Gasteiger partial charge on any atom is -0.493 e. The molecule has 0 N–H and O–H groups in total. The van der Waals surface area contributed by atoms with Crippen LogP contribution in [0.1, 0.15) is 42.9 Å². The van der Waals surface area contributed by atoms with Crippen molar-refractivity contribution in [3.63, 3.8) is 0 Å². The molecule has 2 aliphatic rings. The Balaban J connectivity index is 1.35. The molecule has 1 unspecified atom stereocenters. The average Bonchev–Trinajstić information content (AvgIpc) is 3.63. The van der Waals surface area contributed by atoms with Gasteiger partial charge >= 0.3 is 0 Å². The van der Waals surface area contributed by atoms with Crippen molar-refractivity contribution in [1.82, 2.24) is 14.9 Å². The Kier molecular flexibility index (Phi) is 6.19. The van der Waals surface area contributed by atoms with Gasteiger partial charge in [-0.2, -0.15) is 0 Å². The normalized spacial score (nSPS) is 19.4. The number of hydrogen-bond acceptors (Lipinski definition) is 6. The summed E-state index contributed by atoms with van der Waals surface area (Å²) in [5.74, 6) is 3.34. The van der Waals surface area contributed by atoms with Gasteiger partial charge in [-0.15, -0.1) is 0 Å². The summed E-state index contributed by atoms with van der Waals surface area (Å²) in [6.45, 7) is 3.13. The molecule has 1 aromatic carbocycles. The van der Waals surface area contributed by atoms with Crippen molar-refractivity contribution in [1.29, 1.82) is 0 Å². The predicted molar refractivity (Wildman–Crippen MR) is 115 cm³/mol. The summed E-state index contributed by atoms with van der Waals surface area (Å²) in [5.41, 5.74) is 2.49. The summed E-state index contributed by atoms with van der Waals surface area (Å²) < 4.78 is 10.8. The van der Waals surface area contributed by atoms with Crippen LogP contribution >= 0.6 is 0 Å². The quantitative estimate of drug-likeness (QED) is 0.681. The van der Waals surface area contributed by atoms with Gasteiger partial charge in [0.2, 0.25) is 0 Å². The van der Waals surface area contributed by atoms with Crippen molar-refractivity contribution in [2.45, 2.75) is 44.1 Å². The number of hydrogen-bond donors (Lipinski definition) is 0. The van der Waals surface area contributed by atoms with Crippen LogP contribution in [-0.2, 0) is 6.42 Å². The first-order chi connectivity index (χ1) is 14.2. The molecule has 2 aromatic rings. The first-order valence-electron chi connectivity index (χ1n) is 10.7. The Labute approximate surface area is 173 Å². The van der Waals surface area contributed by atoms with Crippen molar-refractivity contribution in [3.8, 4) is 11.5 Å². The highest BCUT2D eigenvalue weighted by Gasteiger charge is 2.28. The van der Waals surface area contributed by atoms with Crippen molar-refractivity contribution in [2.24, 2.45) is 0 Å². The van der Waals surface area contributed by atoms with Gasteiger partial charge in [-0.1, -0.05) is 6.07 Å². The van der Waals surface area contributed by atoms with Crippen LogP contribution in [0.2, 0.25) is 0 Å². The highest BCUT2D eigenvalue weighted by molar-refractivity contribution is 5.43. The van der Waals surface area contributed by atoms with Gasteiger partial charge in [0, 0.05) is 43.4 Å². The van der Waals surface area contributed by atoms with E-state index < -0.39 is 0 Å². The van der Waals surface area contributed by atoms with Gasteiger partial charge in [0.1, 0.15) is 12.1 Å². The number of piperidine rings is 1. The lowest BCUT2D eigenvalue weighted by atomic mass is 10.0. The fraction of sp³-hybridized carbons (Fsp3) is 0.565. The molecule has 6 nitrogen and oxygen atoms in total. The molecule has 2 heterocycles. The van der Waals surface area contributed by atoms with Gasteiger partial charge in [-0.3, -0.25) is 0 Å². The fourth-order valence-corrected chi connectivity index (χ4v) is 4.18. The van der Waals surface area contributed by atoms with Crippen LogP contribution in [0.25, 0.3) is 0 Å². The van der Waals surface area contributed by atoms with Gasteiger partial charge in [-0.05, 0) is 56.8 Å². The Bertz CT molecular complexity index is 824. The van der Waals surface area contributed by atoms with Crippen molar-refractivity contribution in [3.05, 3.63) is 41.9 Å². The van der Waals surface area contributed by atoms with Gasteiger partial charge < -0.3 is 19.3 Å². The number of anilines is 1. The molecule has 1 aliphatic heterocycles. The minimum atomic E-state index is 0.545. The molecule has 0 amide bonds. The van der Waals surface area contributed by atoms with Crippen LogP contribution in [0.4, 0.5) is 5.82 Å². The summed E-state index contributed by atoms with van der Waals surface area (Å²) in [5, 5.41) is 0. The maximum atomic E-state index is 5.44. The molecule has 1 aliphatic carbocycles. The third kappa shape index (κ3) is 4.81. The lowest BCUT2D eigenvalue weighted by Crippen LogP contribution is -2.47. The Morgan fingerprint density at radius 2 is 1.90 bits per heavy atom. The number of ether oxygens (including phenoxy) is 2. The van der Waals surface area contributed by atoms with Crippen LogP contribution in [0, 0.1) is 0 Å². The molecule has 1 saturated heterocycles. The smallest absolute Gasteiger partial charge is 0.160 e. The van der Waals surface area contributed by atoms with Crippen LogP contribution in [0.5, 0.6) is 11.5 Å². The Morgan fingerprint density at radius 3 is 2.66 bits per heavy atom. The molecule has 0 bridgehead atoms. The van der Waals surface area contributed by atoms with E-state index in [-0.39, 0.29) is 0 Å². The summed E-state index contributed by atoms with van der Waals surface area (Å²) in [4.78, 5) is 14.0. The van der Waals surface area contributed by atoms with Gasteiger partial charge in [-0.25, -0.2) is 9.97 Å². The van der Waals surface area contributed by atoms with Gasteiger partial charge in [0.15, 0.2) is 11.5 Å². The summed E-state index contributed by atoms with van der Waals surface area (Å²) >= 11 is 0. The highest BCUT2D eigenvalue weighted by Crippen LogP contribution is 2.39. The lowest BCUT2D eigenvalue weighted by Gasteiger charge is -2.38. The van der Waals surface area contributed by atoms with Gasteiger partial charge in [0.25, 0.3) is 0 Å². The lowest BCUT2D eigenvalue weighted by molar-refractivity contribution is 0.217. The zero-order valence-corrected chi connectivity index (χ0v) is 17.8. The van der Waals surface area contributed by atoms with Crippen molar-refractivity contribution >= 4 is 5.82 Å². The van der Waals surface area contributed by atoms with E-state index in [0.717, 1.165) is 43.4 Å². The molecule has 4 rings (SSSR count). The number of benzene rings is 1. The van der Waals surface area contributed by atoms with Crippen molar-refractivity contribution in [2.75, 3.05) is 45.8 Å². The second-order valence-corrected chi connectivity index (χ2v) is 8.24. The molecule has 0 radical (unpaired) electrons. The molecule has 0 spiro atoms. The molecule has 29 heavy (non-hydrogen) atoms. The van der Waals surface area contributed by atoms with E-state index in [4.69, 9.17) is 9.47 Å². The number of methoxy groups -OCH3 is 2. The van der Waals surface area contributed by atoms with E-state index in [9.17, 15) is 0 Å². The monoisotopic (exact) mass is 396 g/mol. The number of rotatable bonds is 8. The van der Waals surface area contributed by atoms with E-state index in [0.29, 0.717) is 12.0 Å². The maximum absolute atomic E-state index is 5.44. The molecule has 156 valence electrons. The molecule has 2 fully saturated rings. The van der Waals surface area contributed by atoms with Crippen molar-refractivity contribution < 1.29 is 9.47 Å². The molecule has 6 heteroatoms. The maximum Gasteiger partial charge on any atom is 0.160 e. The average molecular weight is 397 g/mol. The summed E-state index contributed by atoms with van der Waals surface area (Å²) in [6, 6.07) is 8.96. The summed E-state index contributed by atoms with van der Waals surface area (Å²) in [6.07, 6.45) is 7.73. The third-order valence-corrected chi connectivity index (χ3v) is 6.21. The fourth-order valence-electron chi connectivity index (χ4n) is 4.18. The van der Waals surface area contributed by atoms with Crippen LogP contribution in [0.15, 0.2) is 30.6 Å². The van der Waals surface area contributed by atoms with E-state index >= 15 is 0 Å². The van der Waals surface area contributed by atoms with Crippen LogP contribution in [0.3, 0.4) is 0 Å². The van der Waals surface area contributed by atoms with Crippen LogP contribution < -0.4 is 14.4 Å². The van der Waals surface area contributed by atoms with Gasteiger partial charge in [0.05, 0.1) is 14.2 Å². The van der Waals surface area contributed by atoms with Crippen LogP contribution in [-0.4, -0.2) is 61.8 Å². The third-order valence-electron chi connectivity index (χ3n) is 6.21. The van der Waals surface area contributed by atoms with E-state index in [1.54, 1.807) is 20.5 Å². The molecule has 1 saturated carbocycles. The number of nitrogens with zero attached hydrogens (tertiary/aromatic N) is 4. The number of likely N-dealkylation sites (N-methyl/N-ethyl adjacent to an activating group) is 1. The largest absolute Gasteiger partial charge is 0.493 e. The molecule has 1 atom stereocenters. The van der Waals surface area contributed by atoms with E-state index in [2.05, 4.69) is 45.0 Å². The van der Waals surface area contributed by atoms with E-state index in [1.807, 2.05) is 6.07 Å². The summed E-state index contributed by atoms with van der Waals surface area (Å²) in [7, 11) is 5.60. The predicted octanol–water partition coefficient (Wildman–Crippen LogP) is 3.51. The first kappa shape index (κ1) is 20.0. The standard InChI is InChI=1S/C23H32N4O2/c1-26(12-10-17-6-9-21(28-2)22(13-17)29-3)19-5-4-11-27(15-19)23-14-20(18-7-8-18)24-16-25-23/h6,9,13-14,16,18-19H,4-5,7-8,10-12,15H2,1-3H3. The Morgan fingerprint density at radius 1 is 1.07 bits per heavy atom. The number of aromatic nitrogens is 2. The van der Waals surface area contributed by atoms with E-state index in [1.165, 1.54) is 36.9 Å². The molecular weight excluding hydrogens is 364 g/mol. The SMILES string of the molecule is COc1ccc(CCN(C)C2CCCN(c3cc(C4CC4)ncn3)C2)cc1OC. The molecular formula is C23H32N4O2. The zero-order valence-electron chi connectivity index (χ0n) is 17.8. The second kappa shape index (κ2) is 8.99.